The summed E-state index contributed by atoms with van der Waals surface area (Å²) in [5, 5.41) is 9.51. The number of nitrogens with zero attached hydrogens (tertiary/aromatic N) is 1. The van der Waals surface area contributed by atoms with Crippen molar-refractivity contribution < 1.29 is 5.11 Å². The predicted octanol–water partition coefficient (Wildman–Crippen LogP) is 1.63. The lowest BCUT2D eigenvalue weighted by Gasteiger charge is -2.35. The Hall–Kier alpha value is -0.0800. The van der Waals surface area contributed by atoms with E-state index in [9.17, 15) is 5.11 Å². The Balaban J connectivity index is 2.13. The van der Waals surface area contributed by atoms with Crippen molar-refractivity contribution in [2.75, 3.05) is 13.6 Å². The molecule has 1 saturated carbocycles. The summed E-state index contributed by atoms with van der Waals surface area (Å²) in [5.74, 6) is 0. The summed E-state index contributed by atoms with van der Waals surface area (Å²) in [7, 11) is 2.16. The lowest BCUT2D eigenvalue weighted by molar-refractivity contribution is 0.0484. The minimum atomic E-state index is -0.502. The average molecular weight is 171 g/mol. The van der Waals surface area contributed by atoms with Gasteiger partial charge in [-0.15, -0.1) is 0 Å². The van der Waals surface area contributed by atoms with E-state index in [1.165, 1.54) is 19.3 Å². The van der Waals surface area contributed by atoms with Crippen LogP contribution in [0.2, 0.25) is 0 Å². The average Bonchev–Trinajstić information content (AvgIpc) is 1.78. The van der Waals surface area contributed by atoms with Crippen LogP contribution >= 0.6 is 0 Å². The third kappa shape index (κ3) is 3.11. The molecule has 0 aromatic rings. The maximum absolute atomic E-state index is 9.51. The van der Waals surface area contributed by atoms with Crippen molar-refractivity contribution in [2.45, 2.75) is 51.2 Å². The van der Waals surface area contributed by atoms with Crippen LogP contribution in [-0.2, 0) is 0 Å². The lowest BCUT2D eigenvalue weighted by atomic mass is 9.91. The zero-order chi connectivity index (χ0) is 9.19. The van der Waals surface area contributed by atoms with Crippen LogP contribution in [0.25, 0.3) is 0 Å². The summed E-state index contributed by atoms with van der Waals surface area (Å²) in [5.41, 5.74) is -0.502. The van der Waals surface area contributed by atoms with Gasteiger partial charge in [0.25, 0.3) is 0 Å². The zero-order valence-electron chi connectivity index (χ0n) is 8.51. The number of hydrogen-bond donors (Lipinski definition) is 1. The molecule has 0 saturated heterocycles. The highest BCUT2D eigenvalue weighted by Crippen LogP contribution is 2.24. The highest BCUT2D eigenvalue weighted by molar-refractivity contribution is 4.79. The standard InChI is InChI=1S/C10H21NO/c1-10(2,12)7-8-11(3)9-5-4-6-9/h9,12H,4-8H2,1-3H3. The third-order valence-corrected chi connectivity index (χ3v) is 2.77. The molecule has 0 bridgehead atoms. The SMILES string of the molecule is CN(CCC(C)(C)O)C1CCC1. The van der Waals surface area contributed by atoms with Crippen LogP contribution in [0, 0.1) is 0 Å². The monoisotopic (exact) mass is 171 g/mol. The van der Waals surface area contributed by atoms with E-state index in [0.717, 1.165) is 19.0 Å². The van der Waals surface area contributed by atoms with Gasteiger partial charge in [-0.3, -0.25) is 0 Å². The molecule has 72 valence electrons. The molecule has 1 N–H and O–H groups in total. The summed E-state index contributed by atoms with van der Waals surface area (Å²) in [4.78, 5) is 2.38. The fraction of sp³-hybridized carbons (Fsp3) is 1.00. The molecule has 1 aliphatic rings. The molecule has 1 rings (SSSR count). The molecule has 0 aromatic heterocycles. The van der Waals surface area contributed by atoms with Crippen LogP contribution < -0.4 is 0 Å². The van der Waals surface area contributed by atoms with Gasteiger partial charge >= 0.3 is 0 Å². The van der Waals surface area contributed by atoms with E-state index >= 15 is 0 Å². The molecule has 0 radical (unpaired) electrons. The van der Waals surface area contributed by atoms with Gasteiger partial charge in [0.05, 0.1) is 5.60 Å². The molecule has 1 aliphatic carbocycles. The molecule has 0 aromatic carbocycles. The number of hydrogen-bond acceptors (Lipinski definition) is 2. The summed E-state index contributed by atoms with van der Waals surface area (Å²) in [6.45, 7) is 4.78. The Bertz CT molecular complexity index is 135. The van der Waals surface area contributed by atoms with E-state index in [4.69, 9.17) is 0 Å². The first-order valence-corrected chi connectivity index (χ1v) is 4.92. The van der Waals surface area contributed by atoms with E-state index in [0.29, 0.717) is 0 Å². The Morgan fingerprint density at radius 2 is 2.00 bits per heavy atom. The Kier molecular flexibility index (Phi) is 3.13. The van der Waals surface area contributed by atoms with Crippen molar-refractivity contribution in [3.05, 3.63) is 0 Å². The Labute approximate surface area is 75.6 Å². The highest BCUT2D eigenvalue weighted by atomic mass is 16.3. The van der Waals surface area contributed by atoms with E-state index in [2.05, 4.69) is 11.9 Å². The topological polar surface area (TPSA) is 23.5 Å². The molecule has 1 fully saturated rings. The largest absolute Gasteiger partial charge is 0.390 e. The van der Waals surface area contributed by atoms with Gasteiger partial charge in [-0.05, 0) is 40.2 Å². The minimum absolute atomic E-state index is 0.502. The van der Waals surface area contributed by atoms with E-state index in [-0.39, 0.29) is 0 Å². The zero-order valence-corrected chi connectivity index (χ0v) is 8.51. The normalized spacial score (nSPS) is 19.8. The van der Waals surface area contributed by atoms with Gasteiger partial charge in [-0.2, -0.15) is 0 Å². The van der Waals surface area contributed by atoms with Crippen molar-refractivity contribution in [2.24, 2.45) is 0 Å². The van der Waals surface area contributed by atoms with E-state index in [1.54, 1.807) is 0 Å². The van der Waals surface area contributed by atoms with Gasteiger partial charge in [-0.25, -0.2) is 0 Å². The van der Waals surface area contributed by atoms with Gasteiger partial charge in [-0.1, -0.05) is 6.42 Å². The van der Waals surface area contributed by atoms with Gasteiger partial charge < -0.3 is 10.0 Å². The molecule has 0 aliphatic heterocycles. The van der Waals surface area contributed by atoms with Crippen molar-refractivity contribution in [1.82, 2.24) is 4.90 Å². The fourth-order valence-corrected chi connectivity index (χ4v) is 1.46. The quantitative estimate of drug-likeness (QED) is 0.695. The van der Waals surface area contributed by atoms with Crippen molar-refractivity contribution in [3.8, 4) is 0 Å². The fourth-order valence-electron chi connectivity index (χ4n) is 1.46. The first-order chi connectivity index (χ1) is 5.49. The summed E-state index contributed by atoms with van der Waals surface area (Å²) >= 11 is 0. The molecule has 0 atom stereocenters. The van der Waals surface area contributed by atoms with Crippen molar-refractivity contribution >= 4 is 0 Å². The molecule has 0 unspecified atom stereocenters. The predicted molar refractivity (Wildman–Crippen MR) is 51.2 cm³/mol. The molecule has 2 nitrogen and oxygen atoms in total. The second-order valence-electron chi connectivity index (χ2n) is 4.63. The van der Waals surface area contributed by atoms with Crippen LogP contribution in [0.3, 0.4) is 0 Å². The third-order valence-electron chi connectivity index (χ3n) is 2.77. The van der Waals surface area contributed by atoms with Gasteiger partial charge in [0, 0.05) is 12.6 Å². The molecule has 12 heavy (non-hydrogen) atoms. The van der Waals surface area contributed by atoms with Crippen LogP contribution in [0.4, 0.5) is 0 Å². The van der Waals surface area contributed by atoms with Gasteiger partial charge in [0.2, 0.25) is 0 Å². The van der Waals surface area contributed by atoms with E-state index in [1.807, 2.05) is 13.8 Å². The number of aliphatic hydroxyl groups is 1. The Morgan fingerprint density at radius 3 is 2.33 bits per heavy atom. The molecule has 0 heterocycles. The first-order valence-electron chi connectivity index (χ1n) is 4.92. The van der Waals surface area contributed by atoms with Crippen LogP contribution in [0.5, 0.6) is 0 Å². The maximum atomic E-state index is 9.51. The minimum Gasteiger partial charge on any atom is -0.390 e. The summed E-state index contributed by atoms with van der Waals surface area (Å²) < 4.78 is 0. The molecule has 0 spiro atoms. The van der Waals surface area contributed by atoms with Gasteiger partial charge in [0.15, 0.2) is 0 Å². The van der Waals surface area contributed by atoms with Crippen LogP contribution in [0.15, 0.2) is 0 Å². The van der Waals surface area contributed by atoms with Crippen LogP contribution in [-0.4, -0.2) is 35.2 Å². The second-order valence-corrected chi connectivity index (χ2v) is 4.63. The second kappa shape index (κ2) is 3.75. The molecule has 2 heteroatoms. The molecule has 0 amide bonds. The smallest absolute Gasteiger partial charge is 0.0603 e. The Morgan fingerprint density at radius 1 is 1.42 bits per heavy atom. The van der Waals surface area contributed by atoms with Crippen molar-refractivity contribution in [1.29, 1.82) is 0 Å². The van der Waals surface area contributed by atoms with Gasteiger partial charge in [0.1, 0.15) is 0 Å². The number of rotatable bonds is 4. The first kappa shape index (κ1) is 10.0. The summed E-state index contributed by atoms with van der Waals surface area (Å²) in [6, 6.07) is 0.798. The van der Waals surface area contributed by atoms with Crippen molar-refractivity contribution in [3.63, 3.8) is 0 Å². The highest BCUT2D eigenvalue weighted by Gasteiger charge is 2.23. The lowest BCUT2D eigenvalue weighted by Crippen LogP contribution is -2.39. The molecular formula is C10H21NO. The van der Waals surface area contributed by atoms with E-state index < -0.39 is 5.60 Å². The maximum Gasteiger partial charge on any atom is 0.0603 e. The van der Waals surface area contributed by atoms with Crippen LogP contribution in [0.1, 0.15) is 39.5 Å². The summed E-state index contributed by atoms with van der Waals surface area (Å²) in [6.07, 6.45) is 4.96. The molecular weight excluding hydrogens is 150 g/mol.